The zero-order valence-electron chi connectivity index (χ0n) is 4.51. The molecule has 0 heterocycles. The molecule has 0 fully saturated rings. The summed E-state index contributed by atoms with van der Waals surface area (Å²) in [6.07, 6.45) is 0. The second kappa shape index (κ2) is 5.14. The van der Waals surface area contributed by atoms with E-state index in [-0.39, 0.29) is 25.9 Å². The molecule has 0 aliphatic rings. The topological polar surface area (TPSA) is 17.1 Å². The summed E-state index contributed by atoms with van der Waals surface area (Å²) in [4.78, 5) is 9.17. The molecule has 4 heteroatoms. The van der Waals surface area contributed by atoms with Crippen molar-refractivity contribution in [1.29, 1.82) is 0 Å². The minimum Gasteiger partial charge on any atom is -1.00 e. The van der Waals surface area contributed by atoms with Gasteiger partial charge in [0.2, 0.25) is 4.45 Å². The molecule has 0 atom stereocenters. The second-order valence-electron chi connectivity index (χ2n) is 0.283. The van der Waals surface area contributed by atoms with Crippen molar-refractivity contribution in [1.82, 2.24) is 0 Å². The average Bonchev–Trinajstić information content (AvgIpc) is 0.811. The van der Waals surface area contributed by atoms with E-state index in [0.29, 0.717) is 0 Å². The van der Waals surface area contributed by atoms with E-state index < -0.39 is 4.45 Å². The van der Waals surface area contributed by atoms with E-state index in [1.54, 1.807) is 0 Å². The van der Waals surface area contributed by atoms with E-state index in [0.717, 1.165) is 0 Å². The van der Waals surface area contributed by atoms with E-state index in [9.17, 15) is 4.79 Å². The van der Waals surface area contributed by atoms with Crippen LogP contribution >= 0.6 is 25.3 Å². The van der Waals surface area contributed by atoms with Gasteiger partial charge in [-0.3, -0.25) is 4.79 Å². The van der Waals surface area contributed by atoms with Gasteiger partial charge in [-0.15, -0.1) is 0 Å². The van der Waals surface area contributed by atoms with Gasteiger partial charge in [0.05, 0.1) is 0 Å². The molecule has 0 saturated carbocycles. The van der Waals surface area contributed by atoms with Crippen LogP contribution in [0.5, 0.6) is 0 Å². The minimum atomic E-state index is -0.444. The maximum atomic E-state index is 9.17. The van der Waals surface area contributed by atoms with Gasteiger partial charge >= 0.3 is 23.1 Å². The average molecular weight is 120 g/mol. The summed E-state index contributed by atoms with van der Waals surface area (Å²) in [5, 5.41) is 0. The Morgan fingerprint density at radius 3 is 1.60 bits per heavy atom. The maximum absolute atomic E-state index is 9.17. The van der Waals surface area contributed by atoms with Gasteiger partial charge in [0, 0.05) is 0 Å². The molecule has 0 aliphatic carbocycles. The van der Waals surface area contributed by atoms with Crippen LogP contribution < -0.4 is 0 Å². The van der Waals surface area contributed by atoms with Gasteiger partial charge in [-0.05, 0) is 0 Å². The first kappa shape index (κ1) is 9.46. The number of rotatable bonds is 0. The van der Waals surface area contributed by atoms with Crippen molar-refractivity contribution in [3.05, 3.63) is 0 Å². The summed E-state index contributed by atoms with van der Waals surface area (Å²) in [6, 6.07) is 0. The number of thiol groups is 2. The normalized spacial score (nSPS) is 5.20. The minimum absolute atomic E-state index is 0. The van der Waals surface area contributed by atoms with Crippen molar-refractivity contribution in [2.24, 2.45) is 0 Å². The molecule has 0 N–H and O–H groups in total. The Morgan fingerprint density at radius 1 is 1.60 bits per heavy atom. The molecule has 0 aromatic heterocycles. The van der Waals surface area contributed by atoms with E-state index >= 15 is 0 Å². The molecule has 0 aliphatic heterocycles. The largest absolute Gasteiger partial charge is 2.00 e. The molecule has 1 nitrogen and oxygen atoms in total. The van der Waals surface area contributed by atoms with E-state index in [1.807, 2.05) is 0 Å². The second-order valence-corrected chi connectivity index (χ2v) is 1.45. The molecule has 28 valence electrons. The van der Waals surface area contributed by atoms with Crippen LogP contribution in [0, 0.1) is 0 Å². The molecular formula is CH4MgOS2. The Labute approximate surface area is 60.5 Å². The quantitative estimate of drug-likeness (QED) is 0.357. The van der Waals surface area contributed by atoms with Crippen LogP contribution in [0.15, 0.2) is 0 Å². The van der Waals surface area contributed by atoms with Gasteiger partial charge in [0.25, 0.3) is 0 Å². The molecular weight excluding hydrogens is 116 g/mol. The third-order valence-electron chi connectivity index (χ3n) is 0. The molecule has 0 saturated heterocycles. The van der Waals surface area contributed by atoms with E-state index in [4.69, 9.17) is 0 Å². The van der Waals surface area contributed by atoms with Gasteiger partial charge in [-0.2, -0.15) is 0 Å². The summed E-state index contributed by atoms with van der Waals surface area (Å²) < 4.78 is -0.444. The van der Waals surface area contributed by atoms with Crippen molar-refractivity contribution in [2.45, 2.75) is 0 Å². The predicted octanol–water partition coefficient (Wildman–Crippen LogP) is 0.810. The fourth-order valence-electron chi connectivity index (χ4n) is 0. The van der Waals surface area contributed by atoms with Gasteiger partial charge < -0.3 is 2.85 Å². The molecule has 0 bridgehead atoms. The first-order valence-corrected chi connectivity index (χ1v) is 1.55. The van der Waals surface area contributed by atoms with Crippen LogP contribution in [0.3, 0.4) is 0 Å². The zero-order chi connectivity index (χ0) is 3.58. The molecule has 0 aromatic carbocycles. The molecule has 0 amide bonds. The fraction of sp³-hybridized carbons (Fsp3) is 0. The standard InChI is InChI=1S/CH2OS2.Mg.2H/c2-1(3)4;;;/h(H2,2,3,4);;;/q;+2;2*-1. The van der Waals surface area contributed by atoms with Crippen LogP contribution in [0.2, 0.25) is 0 Å². The van der Waals surface area contributed by atoms with Gasteiger partial charge in [-0.25, -0.2) is 0 Å². The fourth-order valence-corrected chi connectivity index (χ4v) is 0. The number of hydrogen-bond acceptors (Lipinski definition) is 1. The smallest absolute Gasteiger partial charge is 1.00 e. The van der Waals surface area contributed by atoms with Crippen LogP contribution in [-0.4, -0.2) is 27.5 Å². The molecule has 0 aromatic rings. The zero-order valence-corrected chi connectivity index (χ0v) is 5.71. The van der Waals surface area contributed by atoms with E-state index in [1.165, 1.54) is 0 Å². The third-order valence-corrected chi connectivity index (χ3v) is 0. The summed E-state index contributed by atoms with van der Waals surface area (Å²) in [6.45, 7) is 0. The first-order chi connectivity index (χ1) is 1.73. The van der Waals surface area contributed by atoms with Crippen molar-refractivity contribution in [3.63, 3.8) is 0 Å². The molecule has 0 unspecified atom stereocenters. The van der Waals surface area contributed by atoms with Crippen molar-refractivity contribution >= 4 is 52.8 Å². The Balaban J connectivity index is -0.0000000150. The van der Waals surface area contributed by atoms with Crippen LogP contribution in [0.1, 0.15) is 2.85 Å². The molecule has 0 rings (SSSR count). The summed E-state index contributed by atoms with van der Waals surface area (Å²) in [5.41, 5.74) is 0. The van der Waals surface area contributed by atoms with Crippen molar-refractivity contribution in [3.8, 4) is 0 Å². The van der Waals surface area contributed by atoms with Crippen molar-refractivity contribution < 1.29 is 7.65 Å². The van der Waals surface area contributed by atoms with Crippen molar-refractivity contribution in [2.75, 3.05) is 0 Å². The monoisotopic (exact) mass is 120 g/mol. The first-order valence-electron chi connectivity index (χ1n) is 0.651. The SMILES string of the molecule is O=C(S)S.[H-].[H-].[Mg+2]. The van der Waals surface area contributed by atoms with Crippen LogP contribution in [-0.2, 0) is 0 Å². The Kier molecular flexibility index (Phi) is 9.72. The summed E-state index contributed by atoms with van der Waals surface area (Å²) >= 11 is 6.38. The van der Waals surface area contributed by atoms with Gasteiger partial charge in [-0.1, -0.05) is 25.3 Å². The summed E-state index contributed by atoms with van der Waals surface area (Å²) in [7, 11) is 0. The number of carbonyl (C=O) groups is 1. The Bertz CT molecular complexity index is 38.7. The third kappa shape index (κ3) is 39.1. The number of hydrogen-bond donors (Lipinski definition) is 2. The number of carbonyl (C=O) groups excluding carboxylic acids is 1. The van der Waals surface area contributed by atoms with Crippen LogP contribution in [0.4, 0.5) is 4.79 Å². The van der Waals surface area contributed by atoms with Gasteiger partial charge in [0.15, 0.2) is 0 Å². The Morgan fingerprint density at radius 2 is 1.60 bits per heavy atom. The summed E-state index contributed by atoms with van der Waals surface area (Å²) in [5.74, 6) is 0. The van der Waals surface area contributed by atoms with Crippen LogP contribution in [0.25, 0.3) is 0 Å². The predicted molar refractivity (Wildman–Crippen MR) is 31.3 cm³/mol. The Hall–Kier alpha value is 1.14. The molecule has 0 spiro atoms. The molecule has 5 heavy (non-hydrogen) atoms. The van der Waals surface area contributed by atoms with E-state index in [2.05, 4.69) is 25.3 Å². The molecule has 0 radical (unpaired) electrons. The van der Waals surface area contributed by atoms with Gasteiger partial charge in [0.1, 0.15) is 0 Å². The maximum Gasteiger partial charge on any atom is 2.00 e.